The van der Waals surface area contributed by atoms with Gasteiger partial charge < -0.3 is 4.74 Å². The fourth-order valence-electron chi connectivity index (χ4n) is 2.27. The van der Waals surface area contributed by atoms with E-state index in [0.717, 1.165) is 16.7 Å². The lowest BCUT2D eigenvalue weighted by molar-refractivity contribution is 0.0479. The molecule has 0 bridgehead atoms. The van der Waals surface area contributed by atoms with Crippen LogP contribution in [-0.2, 0) is 11.3 Å². The molecule has 0 aliphatic heterocycles. The Hall–Kier alpha value is -2.10. The van der Waals surface area contributed by atoms with Crippen LogP contribution in [0.25, 0.3) is 11.1 Å². The minimum atomic E-state index is -0.310. The molecule has 2 aromatic carbocycles. The second-order valence-corrected chi connectivity index (χ2v) is 6.59. The molecule has 0 saturated carbocycles. The van der Waals surface area contributed by atoms with Gasteiger partial charge in [0.2, 0.25) is 0 Å². The number of hydrogen-bond acceptors (Lipinski definition) is 3. The minimum absolute atomic E-state index is 0.213. The summed E-state index contributed by atoms with van der Waals surface area (Å²) in [6, 6.07) is 17.4. The number of benzene rings is 2. The van der Waals surface area contributed by atoms with Gasteiger partial charge in [-0.2, -0.15) is 0 Å². The first-order valence-electron chi connectivity index (χ1n) is 7.19. The van der Waals surface area contributed by atoms with Gasteiger partial charge in [-0.15, -0.1) is 11.3 Å². The summed E-state index contributed by atoms with van der Waals surface area (Å²) < 4.78 is 5.43. The third-order valence-electron chi connectivity index (χ3n) is 3.47. The summed E-state index contributed by atoms with van der Waals surface area (Å²) in [5.74, 6) is -0.310. The molecule has 0 N–H and O–H groups in total. The molecule has 1 aromatic heterocycles. The molecule has 3 aromatic rings. The van der Waals surface area contributed by atoms with Gasteiger partial charge in [0.15, 0.2) is 0 Å². The highest BCUT2D eigenvalue weighted by Gasteiger charge is 2.16. The lowest BCUT2D eigenvalue weighted by Gasteiger charge is -2.07. The summed E-state index contributed by atoms with van der Waals surface area (Å²) in [6.45, 7) is 2.25. The lowest BCUT2D eigenvalue weighted by atomic mass is 10.1. The largest absolute Gasteiger partial charge is 0.457 e. The first kappa shape index (κ1) is 15.8. The molecule has 3 rings (SSSR count). The fraction of sp³-hybridized carbons (Fsp3) is 0.105. The highest BCUT2D eigenvalue weighted by atomic mass is 35.5. The molecule has 0 saturated heterocycles. The predicted octanol–water partition coefficient (Wildman–Crippen LogP) is 5.73. The Labute approximate surface area is 144 Å². The van der Waals surface area contributed by atoms with E-state index in [-0.39, 0.29) is 12.6 Å². The number of ether oxygens (including phenoxy) is 1. The minimum Gasteiger partial charge on any atom is -0.457 e. The van der Waals surface area contributed by atoms with Crippen LogP contribution in [0.2, 0.25) is 5.02 Å². The molecule has 0 unspecified atom stereocenters. The van der Waals surface area contributed by atoms with Gasteiger partial charge >= 0.3 is 5.97 Å². The van der Waals surface area contributed by atoms with Gasteiger partial charge in [-0.1, -0.05) is 53.6 Å². The molecule has 2 nitrogen and oxygen atoms in total. The number of aryl methyl sites for hydroxylation is 1. The van der Waals surface area contributed by atoms with Crippen LogP contribution in [0.1, 0.15) is 20.8 Å². The Morgan fingerprint density at radius 2 is 1.91 bits per heavy atom. The van der Waals surface area contributed by atoms with Crippen molar-refractivity contribution in [3.8, 4) is 11.1 Å². The summed E-state index contributed by atoms with van der Waals surface area (Å²) in [5, 5.41) is 2.54. The highest BCUT2D eigenvalue weighted by molar-refractivity contribution is 7.12. The van der Waals surface area contributed by atoms with E-state index in [9.17, 15) is 4.79 Å². The van der Waals surface area contributed by atoms with E-state index in [4.69, 9.17) is 16.3 Å². The van der Waals surface area contributed by atoms with Gasteiger partial charge in [0.05, 0.1) is 0 Å². The molecule has 0 spiro atoms. The van der Waals surface area contributed by atoms with E-state index in [1.165, 1.54) is 16.9 Å². The Balaban J connectivity index is 1.76. The van der Waals surface area contributed by atoms with Crippen LogP contribution in [0.5, 0.6) is 0 Å². The van der Waals surface area contributed by atoms with Crippen molar-refractivity contribution in [3.63, 3.8) is 0 Å². The van der Waals surface area contributed by atoms with Crippen molar-refractivity contribution >= 4 is 28.9 Å². The molecular formula is C19H15ClO2S. The van der Waals surface area contributed by atoms with Crippen LogP contribution in [0.4, 0.5) is 0 Å². The van der Waals surface area contributed by atoms with Crippen LogP contribution in [0.3, 0.4) is 0 Å². The molecule has 4 heteroatoms. The monoisotopic (exact) mass is 342 g/mol. The second-order valence-electron chi connectivity index (χ2n) is 5.24. The van der Waals surface area contributed by atoms with Crippen LogP contribution in [0, 0.1) is 6.92 Å². The van der Waals surface area contributed by atoms with Crippen LogP contribution in [-0.4, -0.2) is 5.97 Å². The number of hydrogen-bond donors (Lipinski definition) is 0. The maximum atomic E-state index is 12.4. The van der Waals surface area contributed by atoms with Crippen LogP contribution in [0.15, 0.2) is 60.0 Å². The molecule has 1 heterocycles. The number of thiophene rings is 1. The van der Waals surface area contributed by atoms with Crippen molar-refractivity contribution < 1.29 is 9.53 Å². The summed E-state index contributed by atoms with van der Waals surface area (Å²) >= 11 is 7.33. The molecule has 23 heavy (non-hydrogen) atoms. The highest BCUT2D eigenvalue weighted by Crippen LogP contribution is 2.29. The van der Waals surface area contributed by atoms with Crippen molar-refractivity contribution in [2.45, 2.75) is 13.5 Å². The van der Waals surface area contributed by atoms with Crippen molar-refractivity contribution in [2.75, 3.05) is 0 Å². The van der Waals surface area contributed by atoms with Crippen molar-refractivity contribution in [1.29, 1.82) is 0 Å². The predicted molar refractivity (Wildman–Crippen MR) is 95.1 cm³/mol. The Kier molecular flexibility index (Phi) is 4.79. The average molecular weight is 343 g/mol. The van der Waals surface area contributed by atoms with E-state index < -0.39 is 0 Å². The molecule has 0 atom stereocenters. The Morgan fingerprint density at radius 1 is 1.13 bits per heavy atom. The number of carbonyl (C=O) groups is 1. The first-order valence-corrected chi connectivity index (χ1v) is 8.45. The third kappa shape index (κ3) is 3.81. The zero-order valence-corrected chi connectivity index (χ0v) is 14.2. The molecule has 0 radical (unpaired) electrons. The SMILES string of the molecule is Cc1ccc(-c2ccsc2C(=O)OCc2cccc(Cl)c2)cc1. The second kappa shape index (κ2) is 6.99. The average Bonchev–Trinajstić information content (AvgIpc) is 3.03. The summed E-state index contributed by atoms with van der Waals surface area (Å²) in [4.78, 5) is 13.0. The van der Waals surface area contributed by atoms with Crippen molar-refractivity contribution in [1.82, 2.24) is 0 Å². The fourth-order valence-corrected chi connectivity index (χ4v) is 3.29. The third-order valence-corrected chi connectivity index (χ3v) is 4.60. The lowest BCUT2D eigenvalue weighted by Crippen LogP contribution is -2.04. The molecule has 0 amide bonds. The van der Waals surface area contributed by atoms with Gasteiger partial charge in [-0.25, -0.2) is 4.79 Å². The molecule has 0 aliphatic carbocycles. The Morgan fingerprint density at radius 3 is 2.65 bits per heavy atom. The van der Waals surface area contributed by atoms with Crippen LogP contribution < -0.4 is 0 Å². The summed E-state index contributed by atoms with van der Waals surface area (Å²) in [5.41, 5.74) is 3.99. The zero-order valence-electron chi connectivity index (χ0n) is 12.6. The quantitative estimate of drug-likeness (QED) is 0.565. The van der Waals surface area contributed by atoms with Gasteiger partial charge in [-0.3, -0.25) is 0 Å². The van der Waals surface area contributed by atoms with Gasteiger partial charge in [0.25, 0.3) is 0 Å². The molecular weight excluding hydrogens is 328 g/mol. The summed E-state index contributed by atoms with van der Waals surface area (Å²) in [7, 11) is 0. The van der Waals surface area contributed by atoms with Crippen molar-refractivity contribution in [3.05, 3.63) is 81.0 Å². The van der Waals surface area contributed by atoms with E-state index in [0.29, 0.717) is 9.90 Å². The van der Waals surface area contributed by atoms with Gasteiger partial charge in [-0.05, 0) is 41.6 Å². The maximum Gasteiger partial charge on any atom is 0.349 e. The normalized spacial score (nSPS) is 10.5. The van der Waals surface area contributed by atoms with Crippen LogP contribution >= 0.6 is 22.9 Å². The van der Waals surface area contributed by atoms with E-state index in [1.807, 2.05) is 54.8 Å². The van der Waals surface area contributed by atoms with Crippen molar-refractivity contribution in [2.24, 2.45) is 0 Å². The van der Waals surface area contributed by atoms with Gasteiger partial charge in [0.1, 0.15) is 11.5 Å². The van der Waals surface area contributed by atoms with E-state index in [2.05, 4.69) is 0 Å². The summed E-state index contributed by atoms with van der Waals surface area (Å²) in [6.07, 6.45) is 0. The van der Waals surface area contributed by atoms with Gasteiger partial charge in [0, 0.05) is 10.6 Å². The number of halogens is 1. The van der Waals surface area contributed by atoms with E-state index in [1.54, 1.807) is 12.1 Å². The first-order chi connectivity index (χ1) is 11.1. The number of rotatable bonds is 4. The molecule has 116 valence electrons. The standard InChI is InChI=1S/C19H15ClO2S/c1-13-5-7-15(8-6-13)17-9-10-23-18(17)19(21)22-12-14-3-2-4-16(20)11-14/h2-11H,12H2,1H3. The molecule has 0 aliphatic rings. The zero-order chi connectivity index (χ0) is 16.2. The number of esters is 1. The Bertz CT molecular complexity index is 821. The molecule has 0 fully saturated rings. The topological polar surface area (TPSA) is 26.3 Å². The number of carbonyl (C=O) groups excluding carboxylic acids is 1. The van der Waals surface area contributed by atoms with E-state index >= 15 is 0 Å². The maximum absolute atomic E-state index is 12.4. The smallest absolute Gasteiger partial charge is 0.349 e.